The number of furan rings is 1. The van der Waals surface area contributed by atoms with Crippen LogP contribution < -0.4 is 0 Å². The quantitative estimate of drug-likeness (QED) is 0.562. The number of halogens is 1. The molecule has 1 heterocycles. The van der Waals surface area contributed by atoms with Gasteiger partial charge in [0.05, 0.1) is 6.26 Å². The predicted molar refractivity (Wildman–Crippen MR) is 40.9 cm³/mol. The fraction of sp³-hybridized carbons (Fsp3) is 0.111. The third-order valence-corrected chi connectivity index (χ3v) is 1.65. The van der Waals surface area contributed by atoms with Crippen molar-refractivity contribution in [1.29, 1.82) is 0 Å². The predicted octanol–water partition coefficient (Wildman–Crippen LogP) is 2.88. The van der Waals surface area contributed by atoms with E-state index in [1.165, 1.54) is 12.3 Å². The van der Waals surface area contributed by atoms with Crippen molar-refractivity contribution in [2.45, 2.75) is 6.92 Å². The molecule has 56 valence electrons. The van der Waals surface area contributed by atoms with Crippen molar-refractivity contribution in [3.63, 3.8) is 0 Å². The minimum absolute atomic E-state index is 0.287. The van der Waals surface area contributed by atoms with Crippen molar-refractivity contribution >= 4 is 11.0 Å². The molecule has 11 heavy (non-hydrogen) atoms. The lowest BCUT2D eigenvalue weighted by Gasteiger charge is -1.93. The number of rotatable bonds is 0. The van der Waals surface area contributed by atoms with Crippen molar-refractivity contribution in [3.05, 3.63) is 35.8 Å². The molecule has 0 bridgehead atoms. The highest BCUT2D eigenvalue weighted by Crippen LogP contribution is 2.20. The molecule has 0 fully saturated rings. The van der Waals surface area contributed by atoms with E-state index in [0.717, 1.165) is 10.9 Å². The second kappa shape index (κ2) is 2.09. The summed E-state index contributed by atoms with van der Waals surface area (Å²) in [4.78, 5) is 0. The summed E-state index contributed by atoms with van der Waals surface area (Å²) < 4.78 is 17.9. The highest BCUT2D eigenvalue weighted by Gasteiger charge is 2.03. The highest BCUT2D eigenvalue weighted by atomic mass is 19.1. The van der Waals surface area contributed by atoms with Crippen molar-refractivity contribution < 1.29 is 8.81 Å². The Morgan fingerprint density at radius 3 is 3.00 bits per heavy atom. The van der Waals surface area contributed by atoms with Gasteiger partial charge < -0.3 is 4.42 Å². The van der Waals surface area contributed by atoms with Crippen LogP contribution in [0.25, 0.3) is 11.0 Å². The first-order valence-electron chi connectivity index (χ1n) is 3.41. The van der Waals surface area contributed by atoms with E-state index in [0.29, 0.717) is 5.58 Å². The largest absolute Gasteiger partial charge is 0.461 e. The van der Waals surface area contributed by atoms with Gasteiger partial charge in [-0.2, -0.15) is 0 Å². The molecule has 0 aliphatic carbocycles. The second-order valence-corrected chi connectivity index (χ2v) is 2.59. The minimum Gasteiger partial charge on any atom is -0.461 e. The zero-order valence-electron chi connectivity index (χ0n) is 6.10. The summed E-state index contributed by atoms with van der Waals surface area (Å²) in [6.07, 6.45) is 1.49. The van der Waals surface area contributed by atoms with Crippen molar-refractivity contribution in [2.24, 2.45) is 0 Å². The normalized spacial score (nSPS) is 10.7. The number of fused-ring (bicyclic) bond motifs is 1. The molecule has 0 saturated heterocycles. The summed E-state index contributed by atoms with van der Waals surface area (Å²) in [5, 5.41) is 0.822. The van der Waals surface area contributed by atoms with Gasteiger partial charge in [0, 0.05) is 5.39 Å². The van der Waals surface area contributed by atoms with Gasteiger partial charge >= 0.3 is 0 Å². The topological polar surface area (TPSA) is 13.1 Å². The Morgan fingerprint density at radius 1 is 1.36 bits per heavy atom. The van der Waals surface area contributed by atoms with Crippen LogP contribution in [0.1, 0.15) is 5.56 Å². The first-order valence-corrected chi connectivity index (χ1v) is 3.41. The smallest absolute Gasteiger partial charge is 0.169 e. The molecule has 0 amide bonds. The Hall–Kier alpha value is -1.31. The van der Waals surface area contributed by atoms with E-state index in [4.69, 9.17) is 4.42 Å². The number of hydrogen-bond acceptors (Lipinski definition) is 1. The van der Waals surface area contributed by atoms with Crippen LogP contribution in [0.15, 0.2) is 28.9 Å². The van der Waals surface area contributed by atoms with E-state index >= 15 is 0 Å². The molecular weight excluding hydrogens is 143 g/mol. The van der Waals surface area contributed by atoms with Crippen LogP contribution in [-0.2, 0) is 0 Å². The maximum Gasteiger partial charge on any atom is 0.169 e. The molecule has 0 unspecified atom stereocenters. The summed E-state index contributed by atoms with van der Waals surface area (Å²) in [5.74, 6) is -0.287. The molecule has 1 nitrogen and oxygen atoms in total. The van der Waals surface area contributed by atoms with Gasteiger partial charge in [0.15, 0.2) is 11.4 Å². The highest BCUT2D eigenvalue weighted by molar-refractivity contribution is 5.78. The zero-order valence-corrected chi connectivity index (χ0v) is 6.10. The molecule has 0 atom stereocenters. The molecule has 0 spiro atoms. The third kappa shape index (κ3) is 0.909. The summed E-state index contributed by atoms with van der Waals surface area (Å²) >= 11 is 0. The number of hydrogen-bond donors (Lipinski definition) is 0. The molecule has 2 aromatic rings. The van der Waals surface area contributed by atoms with Crippen LogP contribution in [0, 0.1) is 12.7 Å². The molecule has 0 aliphatic rings. The average Bonchev–Trinajstić information content (AvgIpc) is 2.34. The van der Waals surface area contributed by atoms with E-state index in [-0.39, 0.29) is 5.82 Å². The maximum atomic E-state index is 13.0. The van der Waals surface area contributed by atoms with Gasteiger partial charge in [-0.3, -0.25) is 0 Å². The van der Waals surface area contributed by atoms with Gasteiger partial charge in [0.1, 0.15) is 0 Å². The summed E-state index contributed by atoms with van der Waals surface area (Å²) in [6.45, 7) is 1.86. The number of benzene rings is 1. The van der Waals surface area contributed by atoms with Gasteiger partial charge in [0.25, 0.3) is 0 Å². The monoisotopic (exact) mass is 150 g/mol. The van der Waals surface area contributed by atoms with Crippen molar-refractivity contribution in [1.82, 2.24) is 0 Å². The van der Waals surface area contributed by atoms with Gasteiger partial charge in [-0.05, 0) is 30.7 Å². The van der Waals surface area contributed by atoms with Crippen molar-refractivity contribution in [2.75, 3.05) is 0 Å². The fourth-order valence-electron chi connectivity index (χ4n) is 1.18. The lowest BCUT2D eigenvalue weighted by Crippen LogP contribution is -1.77. The molecule has 0 N–H and O–H groups in total. The lowest BCUT2D eigenvalue weighted by molar-refractivity contribution is 0.560. The lowest BCUT2D eigenvalue weighted by atomic mass is 10.2. The SMILES string of the molecule is Cc1cc(F)c2occc2c1. The molecule has 0 saturated carbocycles. The van der Waals surface area contributed by atoms with Crippen LogP contribution >= 0.6 is 0 Å². The van der Waals surface area contributed by atoms with Gasteiger partial charge in [-0.15, -0.1) is 0 Å². The molecule has 2 rings (SSSR count). The van der Waals surface area contributed by atoms with Crippen LogP contribution in [0.4, 0.5) is 4.39 Å². The molecule has 2 heteroatoms. The Bertz CT molecular complexity index is 389. The van der Waals surface area contributed by atoms with Crippen molar-refractivity contribution in [3.8, 4) is 0 Å². The average molecular weight is 150 g/mol. The Balaban J connectivity index is 2.91. The summed E-state index contributed by atoms with van der Waals surface area (Å²) in [7, 11) is 0. The summed E-state index contributed by atoms with van der Waals surface area (Å²) in [6, 6.07) is 5.11. The standard InChI is InChI=1S/C9H7FO/c1-6-4-7-2-3-11-9(7)8(10)5-6/h2-5H,1H3. The zero-order chi connectivity index (χ0) is 7.84. The van der Waals surface area contributed by atoms with Crippen LogP contribution in [0.3, 0.4) is 0 Å². The summed E-state index contributed by atoms with van der Waals surface area (Å²) in [5.41, 5.74) is 1.26. The third-order valence-electron chi connectivity index (χ3n) is 1.65. The first kappa shape index (κ1) is 6.40. The molecule has 0 aliphatic heterocycles. The molecule has 0 radical (unpaired) electrons. The minimum atomic E-state index is -0.287. The maximum absolute atomic E-state index is 13.0. The van der Waals surface area contributed by atoms with E-state index in [1.54, 1.807) is 6.07 Å². The molecular formula is C9H7FO. The Morgan fingerprint density at radius 2 is 2.18 bits per heavy atom. The molecule has 1 aromatic heterocycles. The second-order valence-electron chi connectivity index (χ2n) is 2.59. The number of aryl methyl sites for hydroxylation is 1. The van der Waals surface area contributed by atoms with Gasteiger partial charge in [-0.25, -0.2) is 4.39 Å². The van der Waals surface area contributed by atoms with Crippen LogP contribution in [-0.4, -0.2) is 0 Å². The fourth-order valence-corrected chi connectivity index (χ4v) is 1.18. The Labute approximate surface area is 63.4 Å². The first-order chi connectivity index (χ1) is 5.27. The molecule has 1 aromatic carbocycles. The van der Waals surface area contributed by atoms with E-state index < -0.39 is 0 Å². The Kier molecular flexibility index (Phi) is 1.22. The van der Waals surface area contributed by atoms with E-state index in [9.17, 15) is 4.39 Å². The van der Waals surface area contributed by atoms with Gasteiger partial charge in [-0.1, -0.05) is 0 Å². The van der Waals surface area contributed by atoms with E-state index in [1.807, 2.05) is 13.0 Å². The van der Waals surface area contributed by atoms with Crippen LogP contribution in [0.2, 0.25) is 0 Å². The van der Waals surface area contributed by atoms with E-state index in [2.05, 4.69) is 0 Å². The van der Waals surface area contributed by atoms with Crippen LogP contribution in [0.5, 0.6) is 0 Å². The van der Waals surface area contributed by atoms with Gasteiger partial charge in [0.2, 0.25) is 0 Å².